The van der Waals surface area contributed by atoms with E-state index in [4.69, 9.17) is 21.1 Å². The van der Waals surface area contributed by atoms with E-state index in [1.54, 1.807) is 6.92 Å². The van der Waals surface area contributed by atoms with Crippen LogP contribution in [0.5, 0.6) is 5.75 Å². The lowest BCUT2D eigenvalue weighted by Crippen LogP contribution is -2.30. The van der Waals surface area contributed by atoms with Gasteiger partial charge in [0.1, 0.15) is 22.1 Å². The molecule has 0 aliphatic carbocycles. The second-order valence-corrected chi connectivity index (χ2v) is 7.44. The van der Waals surface area contributed by atoms with E-state index in [2.05, 4.69) is 0 Å². The lowest BCUT2D eigenvalue weighted by molar-refractivity contribution is -0.147. The smallest absolute Gasteiger partial charge is 0.376 e. The fraction of sp³-hybridized carbons (Fsp3) is 0.357. The third-order valence-electron chi connectivity index (χ3n) is 3.35. The van der Waals surface area contributed by atoms with Crippen LogP contribution < -0.4 is 4.74 Å². The summed E-state index contributed by atoms with van der Waals surface area (Å²) in [4.78, 5) is 11.7. The van der Waals surface area contributed by atoms with E-state index >= 15 is 0 Å². The molecule has 8 heteroatoms. The number of rotatable bonds is 4. The predicted molar refractivity (Wildman–Crippen MR) is 78.7 cm³/mol. The first-order chi connectivity index (χ1) is 10.1. The zero-order valence-electron chi connectivity index (χ0n) is 12.1. The molecule has 0 fully saturated rings. The first kappa shape index (κ1) is 16.8. The Labute approximate surface area is 132 Å². The van der Waals surface area contributed by atoms with Gasteiger partial charge >= 0.3 is 5.97 Å². The third kappa shape index (κ3) is 2.96. The topological polar surface area (TPSA) is 69.7 Å². The quantitative estimate of drug-likeness (QED) is 0.782. The van der Waals surface area contributed by atoms with Gasteiger partial charge in [0, 0.05) is 12.3 Å². The number of carbonyl (C=O) groups is 1. The van der Waals surface area contributed by atoms with Crippen molar-refractivity contribution in [3.8, 4) is 5.75 Å². The van der Waals surface area contributed by atoms with Crippen molar-refractivity contribution in [1.29, 1.82) is 0 Å². The van der Waals surface area contributed by atoms with Crippen LogP contribution in [0.1, 0.15) is 20.3 Å². The summed E-state index contributed by atoms with van der Waals surface area (Å²) in [6.07, 6.45) is 1.22. The average Bonchev–Trinajstić information content (AvgIpc) is 2.65. The normalized spacial score (nSPS) is 22.0. The number of halogens is 2. The molecule has 1 aromatic rings. The summed E-state index contributed by atoms with van der Waals surface area (Å²) in [5.74, 6) is -2.14. The number of ether oxygens (including phenoxy) is 2. The Bertz CT molecular complexity index is 771. The molecule has 0 bridgehead atoms. The van der Waals surface area contributed by atoms with E-state index < -0.39 is 33.0 Å². The Hall–Kier alpha value is -1.60. The number of carbonyl (C=O) groups excluding carboxylic acids is 1. The van der Waals surface area contributed by atoms with Crippen molar-refractivity contribution in [2.45, 2.75) is 25.9 Å². The van der Waals surface area contributed by atoms with Gasteiger partial charge in [-0.05, 0) is 25.5 Å². The largest absolute Gasteiger partial charge is 0.448 e. The summed E-state index contributed by atoms with van der Waals surface area (Å²) in [6, 6.07) is 3.53. The van der Waals surface area contributed by atoms with Crippen molar-refractivity contribution in [2.75, 3.05) is 6.26 Å². The molecule has 0 N–H and O–H groups in total. The molecule has 1 aromatic carbocycles. The van der Waals surface area contributed by atoms with Crippen LogP contribution in [0.3, 0.4) is 0 Å². The van der Waals surface area contributed by atoms with Gasteiger partial charge in [-0.25, -0.2) is 17.6 Å². The Morgan fingerprint density at radius 2 is 2.05 bits per heavy atom. The highest BCUT2D eigenvalue weighted by Crippen LogP contribution is 2.39. The maximum atomic E-state index is 13.4. The molecule has 1 heterocycles. The molecule has 0 amide bonds. The Morgan fingerprint density at radius 3 is 2.55 bits per heavy atom. The number of sulfone groups is 1. The van der Waals surface area contributed by atoms with Gasteiger partial charge < -0.3 is 9.47 Å². The molecule has 1 aliphatic rings. The van der Waals surface area contributed by atoms with Crippen LogP contribution in [-0.2, 0) is 19.4 Å². The maximum Gasteiger partial charge on any atom is 0.376 e. The Balaban J connectivity index is 2.55. The molecule has 0 spiro atoms. The monoisotopic (exact) mass is 348 g/mol. The Morgan fingerprint density at radius 1 is 1.41 bits per heavy atom. The highest BCUT2D eigenvalue weighted by atomic mass is 35.5. The minimum absolute atomic E-state index is 0.0460. The summed E-state index contributed by atoms with van der Waals surface area (Å²) in [7, 11) is -3.75. The highest BCUT2D eigenvalue weighted by Gasteiger charge is 2.49. The van der Waals surface area contributed by atoms with Crippen molar-refractivity contribution in [3.63, 3.8) is 0 Å². The summed E-state index contributed by atoms with van der Waals surface area (Å²) in [5.41, 5.74) is -1.30. The molecule has 120 valence electrons. The standard InChI is InChI=1S/C14H14ClFO5S/c1-4-14(2)12(22(3,18)19)11(13(17)21-14)20-8-5-6-9(15)10(16)7-8/h5-7H,4H2,1-3H3/t14-/m1/s1. The van der Waals surface area contributed by atoms with Crippen LogP contribution in [0.4, 0.5) is 4.39 Å². The number of hydrogen-bond acceptors (Lipinski definition) is 5. The van der Waals surface area contributed by atoms with Gasteiger partial charge in [-0.1, -0.05) is 18.5 Å². The van der Waals surface area contributed by atoms with E-state index in [0.29, 0.717) is 0 Å². The lowest BCUT2D eigenvalue weighted by Gasteiger charge is -2.22. The Kier molecular flexibility index (Phi) is 4.23. The average molecular weight is 349 g/mol. The minimum atomic E-state index is -3.75. The van der Waals surface area contributed by atoms with Crippen molar-refractivity contribution in [2.24, 2.45) is 0 Å². The summed E-state index contributed by atoms with van der Waals surface area (Å²) >= 11 is 5.56. The number of benzene rings is 1. The summed E-state index contributed by atoms with van der Waals surface area (Å²) in [6.45, 7) is 3.17. The van der Waals surface area contributed by atoms with Crippen LogP contribution in [-0.4, -0.2) is 26.2 Å². The van der Waals surface area contributed by atoms with Crippen LogP contribution in [0.2, 0.25) is 5.02 Å². The van der Waals surface area contributed by atoms with Crippen LogP contribution >= 0.6 is 11.6 Å². The van der Waals surface area contributed by atoms with Gasteiger partial charge in [0.25, 0.3) is 0 Å². The molecule has 0 aromatic heterocycles. The molecule has 0 unspecified atom stereocenters. The van der Waals surface area contributed by atoms with E-state index in [0.717, 1.165) is 12.3 Å². The first-order valence-corrected chi connectivity index (χ1v) is 8.66. The van der Waals surface area contributed by atoms with Gasteiger partial charge in [0.15, 0.2) is 9.84 Å². The van der Waals surface area contributed by atoms with Gasteiger partial charge in [0.05, 0.1) is 5.02 Å². The lowest BCUT2D eigenvalue weighted by atomic mass is 10.0. The van der Waals surface area contributed by atoms with Crippen LogP contribution in [0.25, 0.3) is 0 Å². The van der Waals surface area contributed by atoms with Crippen LogP contribution in [0, 0.1) is 5.82 Å². The third-order valence-corrected chi connectivity index (χ3v) is 5.01. The van der Waals surface area contributed by atoms with Gasteiger partial charge in [-0.2, -0.15) is 0 Å². The van der Waals surface area contributed by atoms with Crippen LogP contribution in [0.15, 0.2) is 28.9 Å². The molecular weight excluding hydrogens is 335 g/mol. The predicted octanol–water partition coefficient (Wildman–Crippen LogP) is 2.84. The molecule has 0 saturated heterocycles. The van der Waals surface area contributed by atoms with E-state index in [9.17, 15) is 17.6 Å². The molecule has 0 radical (unpaired) electrons. The maximum absolute atomic E-state index is 13.4. The number of esters is 1. The van der Waals surface area contributed by atoms with Crippen molar-refractivity contribution in [3.05, 3.63) is 39.7 Å². The minimum Gasteiger partial charge on any atom is -0.448 e. The van der Waals surface area contributed by atoms with Crippen molar-refractivity contribution < 1.29 is 27.1 Å². The van der Waals surface area contributed by atoms with Crippen molar-refractivity contribution >= 4 is 27.4 Å². The number of cyclic esters (lactones) is 1. The zero-order chi connectivity index (χ0) is 16.7. The first-order valence-electron chi connectivity index (χ1n) is 6.39. The molecular formula is C14H14ClFO5S. The fourth-order valence-corrected chi connectivity index (χ4v) is 3.72. The van der Waals surface area contributed by atoms with E-state index in [1.807, 2.05) is 0 Å². The molecule has 2 rings (SSSR count). The van der Waals surface area contributed by atoms with Gasteiger partial charge in [0.2, 0.25) is 5.76 Å². The molecule has 1 aliphatic heterocycles. The van der Waals surface area contributed by atoms with E-state index in [1.165, 1.54) is 19.1 Å². The second kappa shape index (κ2) is 5.55. The summed E-state index contributed by atoms with van der Waals surface area (Å²) < 4.78 is 47.9. The zero-order valence-corrected chi connectivity index (χ0v) is 13.7. The van der Waals surface area contributed by atoms with Gasteiger partial charge in [-0.3, -0.25) is 0 Å². The number of hydrogen-bond donors (Lipinski definition) is 0. The molecule has 22 heavy (non-hydrogen) atoms. The SMILES string of the molecule is CC[C@@]1(C)OC(=O)C(Oc2ccc(Cl)c(F)c2)=C1S(C)(=O)=O. The molecule has 5 nitrogen and oxygen atoms in total. The van der Waals surface area contributed by atoms with E-state index in [-0.39, 0.29) is 22.1 Å². The summed E-state index contributed by atoms with van der Waals surface area (Å²) in [5, 5.41) is -0.114. The fourth-order valence-electron chi connectivity index (χ4n) is 2.17. The highest BCUT2D eigenvalue weighted by molar-refractivity contribution is 7.94. The molecule has 0 saturated carbocycles. The second-order valence-electron chi connectivity index (χ2n) is 5.08. The van der Waals surface area contributed by atoms with Gasteiger partial charge in [-0.15, -0.1) is 0 Å². The van der Waals surface area contributed by atoms with Crippen molar-refractivity contribution in [1.82, 2.24) is 0 Å². The molecule has 1 atom stereocenters.